The van der Waals surface area contributed by atoms with Crippen LogP contribution < -0.4 is 5.32 Å². The molecule has 0 aromatic carbocycles. The smallest absolute Gasteiger partial charge is 0.220 e. The molecular formula is C19H26N2O2. The average Bonchev–Trinajstić information content (AvgIpc) is 3.23. The van der Waals surface area contributed by atoms with E-state index in [1.165, 1.54) is 31.2 Å². The molecule has 1 N–H and O–H groups in total. The third-order valence-electron chi connectivity index (χ3n) is 6.10. The summed E-state index contributed by atoms with van der Waals surface area (Å²) in [6, 6.07) is 4.33. The van der Waals surface area contributed by atoms with E-state index in [4.69, 9.17) is 4.74 Å². The average molecular weight is 314 g/mol. The van der Waals surface area contributed by atoms with Crippen molar-refractivity contribution >= 4 is 5.91 Å². The van der Waals surface area contributed by atoms with Crippen molar-refractivity contribution in [1.82, 2.24) is 10.3 Å². The third-order valence-corrected chi connectivity index (χ3v) is 6.10. The Kier molecular flexibility index (Phi) is 4.34. The van der Waals surface area contributed by atoms with Crippen LogP contribution in [0.3, 0.4) is 0 Å². The Morgan fingerprint density at radius 3 is 2.78 bits per heavy atom. The zero-order chi connectivity index (χ0) is 15.6. The Labute approximate surface area is 138 Å². The first-order valence-corrected chi connectivity index (χ1v) is 9.13. The van der Waals surface area contributed by atoms with Gasteiger partial charge in [0.05, 0.1) is 6.10 Å². The number of aryl methyl sites for hydroxylation is 1. The minimum Gasteiger partial charge on any atom is -0.377 e. The second-order valence-corrected chi connectivity index (χ2v) is 7.36. The van der Waals surface area contributed by atoms with Crippen LogP contribution in [-0.4, -0.2) is 29.6 Å². The number of fused-ring (bicyclic) bond motifs is 1. The normalized spacial score (nSPS) is 33.2. The largest absolute Gasteiger partial charge is 0.377 e. The topological polar surface area (TPSA) is 51.2 Å². The van der Waals surface area contributed by atoms with Gasteiger partial charge in [-0.1, -0.05) is 25.7 Å². The van der Waals surface area contributed by atoms with Crippen LogP contribution in [0.25, 0.3) is 0 Å². The van der Waals surface area contributed by atoms with Gasteiger partial charge in [0.2, 0.25) is 5.91 Å². The Bertz CT molecular complexity index is 537. The standard InChI is InChI=1S/C19H26N2O2/c22-16(6-5-13-7-10-20-11-8-13)21-18-15-9-12-23-19(15)17(18)14-3-1-2-4-14/h7-8,10-11,14-15,17-19H,1-6,9,12H2,(H,21,22)/t15-,17+,18+,19-/m0/s1. The summed E-state index contributed by atoms with van der Waals surface area (Å²) < 4.78 is 5.96. The van der Waals surface area contributed by atoms with Crippen molar-refractivity contribution in [3.05, 3.63) is 30.1 Å². The van der Waals surface area contributed by atoms with Gasteiger partial charge in [-0.2, -0.15) is 0 Å². The first-order chi connectivity index (χ1) is 11.3. The Hall–Kier alpha value is -1.42. The van der Waals surface area contributed by atoms with Gasteiger partial charge in [0, 0.05) is 43.3 Å². The maximum Gasteiger partial charge on any atom is 0.220 e. The fraction of sp³-hybridized carbons (Fsp3) is 0.684. The number of hydrogen-bond acceptors (Lipinski definition) is 3. The Morgan fingerprint density at radius 1 is 1.22 bits per heavy atom. The van der Waals surface area contributed by atoms with Gasteiger partial charge in [-0.25, -0.2) is 0 Å². The van der Waals surface area contributed by atoms with E-state index in [0.717, 1.165) is 25.4 Å². The Balaban J connectivity index is 1.34. The molecule has 1 aliphatic heterocycles. The van der Waals surface area contributed by atoms with Crippen LogP contribution in [0.4, 0.5) is 0 Å². The molecular weight excluding hydrogens is 288 g/mol. The molecule has 4 nitrogen and oxygen atoms in total. The number of nitrogens with zero attached hydrogens (tertiary/aromatic N) is 1. The van der Waals surface area contributed by atoms with Crippen LogP contribution in [0.15, 0.2) is 24.5 Å². The van der Waals surface area contributed by atoms with E-state index in [9.17, 15) is 4.79 Å². The second kappa shape index (κ2) is 6.60. The van der Waals surface area contributed by atoms with Crippen LogP contribution in [-0.2, 0) is 16.0 Å². The second-order valence-electron chi connectivity index (χ2n) is 7.36. The molecule has 124 valence electrons. The molecule has 3 aliphatic rings. The molecule has 1 saturated heterocycles. The maximum atomic E-state index is 12.4. The zero-order valence-corrected chi connectivity index (χ0v) is 13.6. The molecule has 0 spiro atoms. The van der Waals surface area contributed by atoms with Gasteiger partial charge < -0.3 is 10.1 Å². The summed E-state index contributed by atoms with van der Waals surface area (Å²) >= 11 is 0. The summed E-state index contributed by atoms with van der Waals surface area (Å²) in [5.41, 5.74) is 1.18. The highest BCUT2D eigenvalue weighted by molar-refractivity contribution is 5.76. The number of carbonyl (C=O) groups is 1. The van der Waals surface area contributed by atoms with Crippen LogP contribution in [0.5, 0.6) is 0 Å². The Morgan fingerprint density at radius 2 is 2.00 bits per heavy atom. The van der Waals surface area contributed by atoms with E-state index in [0.29, 0.717) is 30.4 Å². The van der Waals surface area contributed by atoms with Crippen LogP contribution in [0.2, 0.25) is 0 Å². The monoisotopic (exact) mass is 314 g/mol. The molecule has 1 aromatic rings. The van der Waals surface area contributed by atoms with Crippen molar-refractivity contribution in [2.75, 3.05) is 6.61 Å². The predicted octanol–water partition coefficient (Wildman–Crippen LogP) is 2.72. The molecule has 4 heteroatoms. The molecule has 1 amide bonds. The minimum absolute atomic E-state index is 0.195. The zero-order valence-electron chi connectivity index (χ0n) is 13.6. The molecule has 4 atom stereocenters. The van der Waals surface area contributed by atoms with Crippen molar-refractivity contribution in [1.29, 1.82) is 0 Å². The molecule has 0 bridgehead atoms. The number of pyridine rings is 1. The summed E-state index contributed by atoms with van der Waals surface area (Å²) in [6.45, 7) is 0.877. The molecule has 2 aliphatic carbocycles. The van der Waals surface area contributed by atoms with Gasteiger partial charge in [0.25, 0.3) is 0 Å². The van der Waals surface area contributed by atoms with Crippen LogP contribution in [0.1, 0.15) is 44.1 Å². The minimum atomic E-state index is 0.195. The number of rotatable bonds is 5. The quantitative estimate of drug-likeness (QED) is 0.909. The highest BCUT2D eigenvalue weighted by Gasteiger charge is 2.56. The lowest BCUT2D eigenvalue weighted by molar-refractivity contribution is -0.129. The summed E-state index contributed by atoms with van der Waals surface area (Å²) in [5.74, 6) is 2.08. The first-order valence-electron chi connectivity index (χ1n) is 9.13. The lowest BCUT2D eigenvalue weighted by atomic mass is 9.61. The summed E-state index contributed by atoms with van der Waals surface area (Å²) in [4.78, 5) is 16.4. The van der Waals surface area contributed by atoms with E-state index in [2.05, 4.69) is 10.3 Å². The molecule has 0 unspecified atom stereocenters. The molecule has 3 fully saturated rings. The number of hydrogen-bond donors (Lipinski definition) is 1. The van der Waals surface area contributed by atoms with E-state index < -0.39 is 0 Å². The van der Waals surface area contributed by atoms with Crippen molar-refractivity contribution < 1.29 is 9.53 Å². The highest BCUT2D eigenvalue weighted by Crippen LogP contribution is 2.51. The number of carbonyl (C=O) groups excluding carboxylic acids is 1. The molecule has 2 heterocycles. The van der Waals surface area contributed by atoms with Crippen molar-refractivity contribution in [2.45, 2.75) is 57.1 Å². The van der Waals surface area contributed by atoms with E-state index in [1.54, 1.807) is 12.4 Å². The summed E-state index contributed by atoms with van der Waals surface area (Å²) in [7, 11) is 0. The van der Waals surface area contributed by atoms with Gasteiger partial charge in [0.15, 0.2) is 0 Å². The van der Waals surface area contributed by atoms with E-state index in [1.807, 2.05) is 12.1 Å². The van der Waals surface area contributed by atoms with Crippen LogP contribution >= 0.6 is 0 Å². The van der Waals surface area contributed by atoms with Gasteiger partial charge >= 0.3 is 0 Å². The highest BCUT2D eigenvalue weighted by atomic mass is 16.5. The molecule has 1 aromatic heterocycles. The van der Waals surface area contributed by atoms with E-state index >= 15 is 0 Å². The van der Waals surface area contributed by atoms with Crippen molar-refractivity contribution in [2.24, 2.45) is 17.8 Å². The van der Waals surface area contributed by atoms with Gasteiger partial charge in [-0.05, 0) is 36.5 Å². The summed E-state index contributed by atoms with van der Waals surface area (Å²) in [5, 5.41) is 3.35. The van der Waals surface area contributed by atoms with Gasteiger partial charge in [0.1, 0.15) is 0 Å². The van der Waals surface area contributed by atoms with Crippen molar-refractivity contribution in [3.8, 4) is 0 Å². The molecule has 4 rings (SSSR count). The lowest BCUT2D eigenvalue weighted by Crippen LogP contribution is -2.63. The van der Waals surface area contributed by atoms with E-state index in [-0.39, 0.29) is 5.91 Å². The fourth-order valence-electron chi connectivity index (χ4n) is 4.93. The number of aromatic nitrogens is 1. The van der Waals surface area contributed by atoms with Gasteiger partial charge in [-0.3, -0.25) is 9.78 Å². The predicted molar refractivity (Wildman–Crippen MR) is 87.8 cm³/mol. The first kappa shape index (κ1) is 15.1. The fourth-order valence-corrected chi connectivity index (χ4v) is 4.93. The third kappa shape index (κ3) is 3.01. The number of ether oxygens (including phenoxy) is 1. The SMILES string of the molecule is O=C(CCc1ccncc1)N[C@@H]1[C@@H]2CCO[C@@H]2[C@@H]1C1CCCC1. The van der Waals surface area contributed by atoms with Gasteiger partial charge in [-0.15, -0.1) is 0 Å². The molecule has 2 saturated carbocycles. The van der Waals surface area contributed by atoms with Crippen molar-refractivity contribution in [3.63, 3.8) is 0 Å². The molecule has 0 radical (unpaired) electrons. The van der Waals surface area contributed by atoms with Crippen LogP contribution in [0, 0.1) is 17.8 Å². The number of amides is 1. The number of nitrogens with one attached hydrogen (secondary N) is 1. The summed E-state index contributed by atoms with van der Waals surface area (Å²) in [6.07, 6.45) is 11.8. The lowest BCUT2D eigenvalue weighted by Gasteiger charge is -2.50. The maximum absolute atomic E-state index is 12.4. The molecule has 23 heavy (non-hydrogen) atoms.